The van der Waals surface area contributed by atoms with Crippen LogP contribution >= 0.6 is 0 Å². The van der Waals surface area contributed by atoms with Crippen LogP contribution < -0.4 is 5.32 Å². The van der Waals surface area contributed by atoms with E-state index in [1.54, 1.807) is 19.0 Å². The molecule has 0 spiro atoms. The number of hydrogen-bond acceptors (Lipinski definition) is 3. The summed E-state index contributed by atoms with van der Waals surface area (Å²) < 4.78 is 26.4. The van der Waals surface area contributed by atoms with E-state index in [1.165, 1.54) is 4.90 Å². The highest BCUT2D eigenvalue weighted by Gasteiger charge is 2.34. The van der Waals surface area contributed by atoms with Crippen LogP contribution in [-0.4, -0.2) is 60.7 Å². The van der Waals surface area contributed by atoms with Gasteiger partial charge >= 0.3 is 0 Å². The Labute approximate surface area is 151 Å². The lowest BCUT2D eigenvalue weighted by Gasteiger charge is -2.26. The van der Waals surface area contributed by atoms with Gasteiger partial charge < -0.3 is 15.1 Å². The van der Waals surface area contributed by atoms with Gasteiger partial charge in [-0.1, -0.05) is 0 Å². The zero-order valence-electron chi connectivity index (χ0n) is 14.9. The molecule has 142 valence electrons. The maximum Gasteiger partial charge on any atom is 0.254 e. The molecular formula is C18H23F2N3O3. The molecule has 6 nitrogen and oxygen atoms in total. The second-order valence-corrected chi connectivity index (χ2v) is 6.46. The summed E-state index contributed by atoms with van der Waals surface area (Å²) in [5.41, 5.74) is -0.242. The van der Waals surface area contributed by atoms with Crippen LogP contribution in [0.3, 0.4) is 0 Å². The number of amides is 3. The Morgan fingerprint density at radius 3 is 2.65 bits per heavy atom. The predicted molar refractivity (Wildman–Crippen MR) is 91.4 cm³/mol. The van der Waals surface area contributed by atoms with E-state index in [9.17, 15) is 23.2 Å². The number of halogens is 2. The molecule has 0 bridgehead atoms. The third kappa shape index (κ3) is 4.77. The van der Waals surface area contributed by atoms with Crippen molar-refractivity contribution in [3.8, 4) is 0 Å². The van der Waals surface area contributed by atoms with E-state index in [-0.39, 0.29) is 30.3 Å². The topological polar surface area (TPSA) is 69.7 Å². The minimum absolute atomic E-state index is 0.0871. The first-order chi connectivity index (χ1) is 12.3. The minimum Gasteiger partial charge on any atom is -0.352 e. The number of likely N-dealkylation sites (N-methyl/N-ethyl adjacent to an activating group) is 1. The second-order valence-electron chi connectivity index (χ2n) is 6.46. The van der Waals surface area contributed by atoms with Crippen molar-refractivity contribution < 1.29 is 23.2 Å². The molecule has 1 aliphatic heterocycles. The lowest BCUT2D eigenvalue weighted by atomic mass is 10.1. The van der Waals surface area contributed by atoms with Crippen LogP contribution in [0.4, 0.5) is 8.78 Å². The Morgan fingerprint density at radius 1 is 1.27 bits per heavy atom. The molecule has 1 atom stereocenters. The van der Waals surface area contributed by atoms with Crippen LogP contribution in [-0.2, 0) is 9.59 Å². The fourth-order valence-electron chi connectivity index (χ4n) is 2.97. The summed E-state index contributed by atoms with van der Waals surface area (Å²) in [6, 6.07) is 2.32. The van der Waals surface area contributed by atoms with Crippen LogP contribution in [0.1, 0.15) is 36.0 Å². The van der Waals surface area contributed by atoms with Crippen LogP contribution in [0.15, 0.2) is 18.2 Å². The van der Waals surface area contributed by atoms with Gasteiger partial charge in [-0.05, 0) is 31.4 Å². The summed E-state index contributed by atoms with van der Waals surface area (Å²) in [4.78, 5) is 39.4. The van der Waals surface area contributed by atoms with Crippen molar-refractivity contribution in [1.29, 1.82) is 0 Å². The van der Waals surface area contributed by atoms with Crippen LogP contribution in [0.25, 0.3) is 0 Å². The summed E-state index contributed by atoms with van der Waals surface area (Å²) in [6.45, 7) is 0.734. The first kappa shape index (κ1) is 19.8. The summed E-state index contributed by atoms with van der Waals surface area (Å²) >= 11 is 0. The van der Waals surface area contributed by atoms with E-state index in [0.29, 0.717) is 25.5 Å². The Balaban J connectivity index is 1.79. The molecule has 1 aromatic rings. The number of carbonyl (C=O) groups is 3. The monoisotopic (exact) mass is 367 g/mol. The number of rotatable bonds is 6. The first-order valence-corrected chi connectivity index (χ1v) is 8.55. The molecule has 1 saturated heterocycles. The molecule has 0 saturated carbocycles. The highest BCUT2D eigenvalue weighted by atomic mass is 19.1. The number of carbonyl (C=O) groups excluding carboxylic acids is 3. The summed E-state index contributed by atoms with van der Waals surface area (Å²) in [5.74, 6) is -2.56. The van der Waals surface area contributed by atoms with Gasteiger partial charge in [0.2, 0.25) is 11.8 Å². The largest absolute Gasteiger partial charge is 0.352 e. The molecule has 1 aromatic carbocycles. The second kappa shape index (κ2) is 8.73. The minimum atomic E-state index is -0.930. The van der Waals surface area contributed by atoms with E-state index in [4.69, 9.17) is 0 Å². The average molecular weight is 367 g/mol. The van der Waals surface area contributed by atoms with Gasteiger partial charge in [0.1, 0.15) is 17.7 Å². The molecule has 2 rings (SSSR count). The molecular weight excluding hydrogens is 344 g/mol. The van der Waals surface area contributed by atoms with Gasteiger partial charge in [0, 0.05) is 39.7 Å². The van der Waals surface area contributed by atoms with Crippen LogP contribution in [0.5, 0.6) is 0 Å². The maximum atomic E-state index is 13.5. The van der Waals surface area contributed by atoms with Gasteiger partial charge in [-0.3, -0.25) is 14.4 Å². The number of nitrogens with zero attached hydrogens (tertiary/aromatic N) is 2. The predicted octanol–water partition coefficient (Wildman–Crippen LogP) is 1.55. The van der Waals surface area contributed by atoms with E-state index >= 15 is 0 Å². The number of likely N-dealkylation sites (tertiary alicyclic amines) is 1. The van der Waals surface area contributed by atoms with Gasteiger partial charge in [-0.25, -0.2) is 8.78 Å². The fourth-order valence-corrected chi connectivity index (χ4v) is 2.97. The van der Waals surface area contributed by atoms with Crippen LogP contribution in [0, 0.1) is 11.6 Å². The Bertz CT molecular complexity index is 694. The van der Waals surface area contributed by atoms with Crippen LogP contribution in [0.2, 0.25) is 0 Å². The molecule has 3 amide bonds. The molecule has 26 heavy (non-hydrogen) atoms. The van der Waals surface area contributed by atoms with Crippen molar-refractivity contribution in [3.05, 3.63) is 35.4 Å². The van der Waals surface area contributed by atoms with Crippen molar-refractivity contribution in [3.63, 3.8) is 0 Å². The smallest absolute Gasteiger partial charge is 0.254 e. The summed E-state index contributed by atoms with van der Waals surface area (Å²) in [7, 11) is 3.32. The van der Waals surface area contributed by atoms with E-state index in [2.05, 4.69) is 5.32 Å². The molecule has 1 aliphatic rings. The molecule has 8 heteroatoms. The Kier molecular flexibility index (Phi) is 6.65. The Morgan fingerprint density at radius 2 is 2.00 bits per heavy atom. The van der Waals surface area contributed by atoms with Crippen molar-refractivity contribution in [2.75, 3.05) is 27.2 Å². The lowest BCUT2D eigenvalue weighted by Crippen LogP contribution is -2.45. The van der Waals surface area contributed by atoms with Gasteiger partial charge in [0.15, 0.2) is 0 Å². The van der Waals surface area contributed by atoms with Crippen molar-refractivity contribution in [2.24, 2.45) is 0 Å². The molecule has 1 heterocycles. The molecule has 1 N–H and O–H groups in total. The quantitative estimate of drug-likeness (QED) is 0.776. The molecule has 0 aromatic heterocycles. The number of nitrogens with one attached hydrogen (secondary N) is 1. The summed E-state index contributed by atoms with van der Waals surface area (Å²) in [6.07, 6.45) is 2.00. The highest BCUT2D eigenvalue weighted by Crippen LogP contribution is 2.20. The third-order valence-corrected chi connectivity index (χ3v) is 4.33. The van der Waals surface area contributed by atoms with Crippen molar-refractivity contribution in [1.82, 2.24) is 15.1 Å². The third-order valence-electron chi connectivity index (χ3n) is 4.33. The van der Waals surface area contributed by atoms with E-state index < -0.39 is 23.6 Å². The van der Waals surface area contributed by atoms with Crippen molar-refractivity contribution in [2.45, 2.75) is 31.7 Å². The lowest BCUT2D eigenvalue weighted by molar-refractivity contribution is -0.142. The van der Waals surface area contributed by atoms with Gasteiger partial charge in [-0.2, -0.15) is 0 Å². The summed E-state index contributed by atoms with van der Waals surface area (Å²) in [5, 5.41) is 2.51. The number of benzene rings is 1. The van der Waals surface area contributed by atoms with E-state index in [0.717, 1.165) is 18.6 Å². The SMILES string of the molecule is CN(C)C(=O)[C@@H]1CCCN1C(=O)CCCNC(=O)c1ccc(F)cc1F. The highest BCUT2D eigenvalue weighted by molar-refractivity contribution is 5.94. The van der Waals surface area contributed by atoms with E-state index in [1.807, 2.05) is 0 Å². The average Bonchev–Trinajstić information content (AvgIpc) is 3.07. The zero-order chi connectivity index (χ0) is 19.3. The number of hydrogen-bond donors (Lipinski definition) is 1. The standard InChI is InChI=1S/C18H23F2N3O3/c1-22(2)18(26)15-5-4-10-23(15)16(24)6-3-9-21-17(25)13-8-7-12(19)11-14(13)20/h7-8,11,15H,3-6,9-10H2,1-2H3,(H,21,25)/t15-/m0/s1. The van der Waals surface area contributed by atoms with Gasteiger partial charge in [0.25, 0.3) is 5.91 Å². The van der Waals surface area contributed by atoms with Gasteiger partial charge in [-0.15, -0.1) is 0 Å². The zero-order valence-corrected chi connectivity index (χ0v) is 14.9. The molecule has 0 unspecified atom stereocenters. The molecule has 0 radical (unpaired) electrons. The maximum absolute atomic E-state index is 13.5. The fraction of sp³-hybridized carbons (Fsp3) is 0.500. The molecule has 0 aliphatic carbocycles. The van der Waals surface area contributed by atoms with Gasteiger partial charge in [0.05, 0.1) is 5.56 Å². The first-order valence-electron chi connectivity index (χ1n) is 8.55. The normalized spacial score (nSPS) is 16.5. The Hall–Kier alpha value is -2.51. The molecule has 1 fully saturated rings. The van der Waals surface area contributed by atoms with Crippen molar-refractivity contribution >= 4 is 17.7 Å².